The van der Waals surface area contributed by atoms with Crippen LogP contribution in [0.5, 0.6) is 0 Å². The fourth-order valence-electron chi connectivity index (χ4n) is 3.51. The highest BCUT2D eigenvalue weighted by Gasteiger charge is 2.31. The molecule has 1 aromatic heterocycles. The van der Waals surface area contributed by atoms with Crippen LogP contribution in [0.3, 0.4) is 0 Å². The van der Waals surface area contributed by atoms with Crippen molar-refractivity contribution in [3.8, 4) is 0 Å². The summed E-state index contributed by atoms with van der Waals surface area (Å²) in [5, 5.41) is 7.83. The zero-order valence-corrected chi connectivity index (χ0v) is 13.0. The molecule has 21 heavy (non-hydrogen) atoms. The molecule has 1 aromatic rings. The summed E-state index contributed by atoms with van der Waals surface area (Å²) in [6.45, 7) is 4.15. The lowest BCUT2D eigenvalue weighted by molar-refractivity contribution is 0.109. The number of hydrogen-bond acceptors (Lipinski definition) is 5. The third-order valence-corrected chi connectivity index (χ3v) is 4.66. The second kappa shape index (κ2) is 7.36. The Morgan fingerprint density at radius 2 is 2.10 bits per heavy atom. The van der Waals surface area contributed by atoms with E-state index in [0.717, 1.165) is 57.0 Å². The Balaban J connectivity index is 1.62. The molecule has 1 aliphatic heterocycles. The van der Waals surface area contributed by atoms with Gasteiger partial charge in [0.1, 0.15) is 0 Å². The van der Waals surface area contributed by atoms with Crippen LogP contribution in [0.4, 0.5) is 0 Å². The topological polar surface area (TPSA) is 60.2 Å². The zero-order chi connectivity index (χ0) is 14.5. The quantitative estimate of drug-likeness (QED) is 0.874. The third kappa shape index (κ3) is 3.83. The molecule has 3 unspecified atom stereocenters. The number of rotatable bonds is 6. The molecule has 1 saturated heterocycles. The smallest absolute Gasteiger partial charge is 0.231 e. The molecule has 0 aromatic carbocycles. The van der Waals surface area contributed by atoms with E-state index in [1.165, 1.54) is 19.3 Å². The molecule has 2 fully saturated rings. The van der Waals surface area contributed by atoms with Crippen LogP contribution in [0.1, 0.15) is 69.5 Å². The Bertz CT molecular complexity index is 429. The molecule has 3 atom stereocenters. The van der Waals surface area contributed by atoms with Gasteiger partial charge in [-0.3, -0.25) is 0 Å². The van der Waals surface area contributed by atoms with E-state index in [1.54, 1.807) is 0 Å². The average Bonchev–Trinajstić information content (AvgIpc) is 3.18. The van der Waals surface area contributed by atoms with Gasteiger partial charge in [0.2, 0.25) is 5.89 Å². The Hall–Kier alpha value is -0.940. The van der Waals surface area contributed by atoms with Crippen LogP contribution in [0.15, 0.2) is 4.52 Å². The lowest BCUT2D eigenvalue weighted by Crippen LogP contribution is -2.37. The summed E-state index contributed by atoms with van der Waals surface area (Å²) in [5.74, 6) is 2.03. The van der Waals surface area contributed by atoms with Crippen molar-refractivity contribution in [3.63, 3.8) is 0 Å². The number of aromatic nitrogens is 2. The fraction of sp³-hybridized carbons (Fsp3) is 0.875. The lowest BCUT2D eigenvalue weighted by atomic mass is 9.84. The highest BCUT2D eigenvalue weighted by molar-refractivity contribution is 5.02. The SMILES string of the molecule is CCCNC1CCCCC1c1nc(CC2CCCO2)no1. The van der Waals surface area contributed by atoms with Gasteiger partial charge in [0.05, 0.1) is 12.0 Å². The van der Waals surface area contributed by atoms with Crippen molar-refractivity contribution in [2.24, 2.45) is 0 Å². The average molecular weight is 293 g/mol. The highest BCUT2D eigenvalue weighted by Crippen LogP contribution is 2.32. The Morgan fingerprint density at radius 1 is 1.19 bits per heavy atom. The van der Waals surface area contributed by atoms with Crippen molar-refractivity contribution in [2.45, 2.75) is 76.4 Å². The van der Waals surface area contributed by atoms with Gasteiger partial charge in [0.15, 0.2) is 5.82 Å². The van der Waals surface area contributed by atoms with Crippen molar-refractivity contribution in [3.05, 3.63) is 11.7 Å². The molecular formula is C16H27N3O2. The number of ether oxygens (including phenoxy) is 1. The molecule has 1 N–H and O–H groups in total. The molecule has 2 aliphatic rings. The predicted octanol–water partition coefficient (Wildman–Crippen LogP) is 2.82. The number of nitrogens with one attached hydrogen (secondary N) is 1. The van der Waals surface area contributed by atoms with Crippen LogP contribution >= 0.6 is 0 Å². The van der Waals surface area contributed by atoms with Crippen molar-refractivity contribution < 1.29 is 9.26 Å². The Morgan fingerprint density at radius 3 is 2.90 bits per heavy atom. The first-order valence-corrected chi connectivity index (χ1v) is 8.54. The van der Waals surface area contributed by atoms with Gasteiger partial charge in [-0.2, -0.15) is 4.98 Å². The fourth-order valence-corrected chi connectivity index (χ4v) is 3.51. The lowest BCUT2D eigenvalue weighted by Gasteiger charge is -2.29. The monoisotopic (exact) mass is 293 g/mol. The van der Waals surface area contributed by atoms with Gasteiger partial charge >= 0.3 is 0 Å². The molecule has 1 aliphatic carbocycles. The summed E-state index contributed by atoms with van der Waals surface area (Å²) >= 11 is 0. The maximum Gasteiger partial charge on any atom is 0.231 e. The zero-order valence-electron chi connectivity index (χ0n) is 13.0. The molecule has 0 bridgehead atoms. The van der Waals surface area contributed by atoms with Crippen LogP contribution in [-0.4, -0.2) is 35.4 Å². The molecule has 0 amide bonds. The van der Waals surface area contributed by atoms with Gasteiger partial charge in [0.25, 0.3) is 0 Å². The van der Waals surface area contributed by atoms with Crippen molar-refractivity contribution in [1.29, 1.82) is 0 Å². The van der Waals surface area contributed by atoms with E-state index in [4.69, 9.17) is 9.26 Å². The van der Waals surface area contributed by atoms with E-state index < -0.39 is 0 Å². The Labute approximate surface area is 126 Å². The van der Waals surface area contributed by atoms with Crippen LogP contribution in [0.25, 0.3) is 0 Å². The van der Waals surface area contributed by atoms with Gasteiger partial charge in [0, 0.05) is 19.1 Å². The van der Waals surface area contributed by atoms with Crippen molar-refractivity contribution >= 4 is 0 Å². The standard InChI is InChI=1S/C16H27N3O2/c1-2-9-17-14-8-4-3-7-13(14)16-18-15(19-21-16)11-12-6-5-10-20-12/h12-14,17H,2-11H2,1H3. The minimum absolute atomic E-state index is 0.288. The third-order valence-electron chi connectivity index (χ3n) is 4.66. The first-order chi connectivity index (χ1) is 10.4. The van der Waals surface area contributed by atoms with Gasteiger partial charge in [-0.05, 0) is 38.6 Å². The van der Waals surface area contributed by atoms with E-state index in [9.17, 15) is 0 Å². The second-order valence-corrected chi connectivity index (χ2v) is 6.34. The van der Waals surface area contributed by atoms with E-state index in [0.29, 0.717) is 12.0 Å². The molecule has 1 saturated carbocycles. The first kappa shape index (κ1) is 15.0. The maximum absolute atomic E-state index is 5.65. The van der Waals surface area contributed by atoms with Gasteiger partial charge < -0.3 is 14.6 Å². The van der Waals surface area contributed by atoms with Crippen LogP contribution in [-0.2, 0) is 11.2 Å². The summed E-state index contributed by atoms with van der Waals surface area (Å²) in [7, 11) is 0. The second-order valence-electron chi connectivity index (χ2n) is 6.34. The van der Waals surface area contributed by atoms with E-state index >= 15 is 0 Å². The number of nitrogens with zero attached hydrogens (tertiary/aromatic N) is 2. The molecule has 2 heterocycles. The minimum atomic E-state index is 0.288. The summed E-state index contributed by atoms with van der Waals surface area (Å²) in [5.41, 5.74) is 0. The van der Waals surface area contributed by atoms with Crippen LogP contribution in [0, 0.1) is 0 Å². The van der Waals surface area contributed by atoms with Crippen molar-refractivity contribution in [1.82, 2.24) is 15.5 Å². The summed E-state index contributed by atoms with van der Waals surface area (Å²) < 4.78 is 11.2. The van der Waals surface area contributed by atoms with E-state index in [-0.39, 0.29) is 6.10 Å². The predicted molar refractivity (Wildman–Crippen MR) is 80.3 cm³/mol. The van der Waals surface area contributed by atoms with E-state index in [2.05, 4.69) is 22.4 Å². The van der Waals surface area contributed by atoms with Crippen LogP contribution in [0.2, 0.25) is 0 Å². The van der Waals surface area contributed by atoms with Gasteiger partial charge in [-0.15, -0.1) is 0 Å². The Kier molecular flexibility index (Phi) is 5.25. The summed E-state index contributed by atoms with van der Waals surface area (Å²) in [4.78, 5) is 4.66. The first-order valence-electron chi connectivity index (χ1n) is 8.54. The van der Waals surface area contributed by atoms with Gasteiger partial charge in [-0.25, -0.2) is 0 Å². The molecule has 5 nitrogen and oxygen atoms in total. The molecule has 5 heteroatoms. The molecular weight excluding hydrogens is 266 g/mol. The molecule has 0 radical (unpaired) electrons. The van der Waals surface area contributed by atoms with Gasteiger partial charge in [-0.1, -0.05) is 24.9 Å². The molecule has 118 valence electrons. The highest BCUT2D eigenvalue weighted by atomic mass is 16.5. The minimum Gasteiger partial charge on any atom is -0.378 e. The largest absolute Gasteiger partial charge is 0.378 e. The molecule has 3 rings (SSSR count). The van der Waals surface area contributed by atoms with Crippen molar-refractivity contribution in [2.75, 3.05) is 13.2 Å². The van der Waals surface area contributed by atoms with E-state index in [1.807, 2.05) is 0 Å². The number of hydrogen-bond donors (Lipinski definition) is 1. The normalized spacial score (nSPS) is 29.9. The summed E-state index contributed by atoms with van der Waals surface area (Å²) in [6.07, 6.45) is 9.45. The maximum atomic E-state index is 5.65. The molecule has 0 spiro atoms. The van der Waals surface area contributed by atoms with Crippen LogP contribution < -0.4 is 5.32 Å². The summed E-state index contributed by atoms with van der Waals surface area (Å²) in [6, 6.07) is 0.495.